The van der Waals surface area contributed by atoms with Gasteiger partial charge in [-0.3, -0.25) is 4.79 Å². The second kappa shape index (κ2) is 5.88. The van der Waals surface area contributed by atoms with Gasteiger partial charge in [0.25, 0.3) is 5.91 Å². The fourth-order valence-corrected chi connectivity index (χ4v) is 2.48. The van der Waals surface area contributed by atoms with Crippen molar-refractivity contribution >= 4 is 43.5 Å². The smallest absolute Gasteiger partial charge is 0.255 e. The molecule has 0 aliphatic heterocycles. The quantitative estimate of drug-likeness (QED) is 0.770. The topological polar surface area (TPSA) is 29.1 Å². The number of hydrogen-bond acceptors (Lipinski definition) is 1. The van der Waals surface area contributed by atoms with E-state index in [1.165, 1.54) is 0 Å². The van der Waals surface area contributed by atoms with Gasteiger partial charge < -0.3 is 5.32 Å². The van der Waals surface area contributed by atoms with Gasteiger partial charge in [0.15, 0.2) is 0 Å². The van der Waals surface area contributed by atoms with Gasteiger partial charge in [0.2, 0.25) is 0 Å². The van der Waals surface area contributed by atoms with Gasteiger partial charge in [-0.05, 0) is 55.3 Å². The SMILES string of the molecule is Cc1cc(NC(=O)c2cccc(Br)c2)cc(C)c1Br. The molecular formula is C15H13Br2NO. The molecule has 2 aromatic carbocycles. The largest absolute Gasteiger partial charge is 0.322 e. The molecule has 0 radical (unpaired) electrons. The average Bonchev–Trinajstić information content (AvgIpc) is 2.36. The summed E-state index contributed by atoms with van der Waals surface area (Å²) in [6, 6.07) is 11.2. The molecule has 19 heavy (non-hydrogen) atoms. The van der Waals surface area contributed by atoms with Gasteiger partial charge in [0.1, 0.15) is 0 Å². The average molecular weight is 383 g/mol. The number of halogens is 2. The van der Waals surface area contributed by atoms with E-state index >= 15 is 0 Å². The first-order valence-corrected chi connectivity index (χ1v) is 7.39. The van der Waals surface area contributed by atoms with Crippen LogP contribution in [0, 0.1) is 13.8 Å². The summed E-state index contributed by atoms with van der Waals surface area (Å²) in [6.07, 6.45) is 0. The Labute approximate surface area is 129 Å². The van der Waals surface area contributed by atoms with Crippen LogP contribution in [0.4, 0.5) is 5.69 Å². The number of anilines is 1. The highest BCUT2D eigenvalue weighted by Gasteiger charge is 2.08. The molecule has 4 heteroatoms. The zero-order valence-corrected chi connectivity index (χ0v) is 13.8. The highest BCUT2D eigenvalue weighted by Crippen LogP contribution is 2.25. The van der Waals surface area contributed by atoms with Crippen LogP contribution in [-0.2, 0) is 0 Å². The molecule has 2 aromatic rings. The van der Waals surface area contributed by atoms with Crippen LogP contribution in [0.1, 0.15) is 21.5 Å². The molecular weight excluding hydrogens is 370 g/mol. The number of amides is 1. The van der Waals surface area contributed by atoms with E-state index in [4.69, 9.17) is 0 Å². The summed E-state index contributed by atoms with van der Waals surface area (Å²) in [5, 5.41) is 2.91. The molecule has 0 saturated heterocycles. The Morgan fingerprint density at radius 2 is 1.68 bits per heavy atom. The molecule has 0 unspecified atom stereocenters. The molecule has 0 aliphatic carbocycles. The van der Waals surface area contributed by atoms with Gasteiger partial charge >= 0.3 is 0 Å². The maximum Gasteiger partial charge on any atom is 0.255 e. The molecule has 0 aliphatic rings. The van der Waals surface area contributed by atoms with Crippen molar-refractivity contribution in [1.29, 1.82) is 0 Å². The van der Waals surface area contributed by atoms with E-state index in [0.29, 0.717) is 5.56 Å². The first-order valence-electron chi connectivity index (χ1n) is 5.81. The second-order valence-electron chi connectivity index (χ2n) is 4.39. The van der Waals surface area contributed by atoms with E-state index in [-0.39, 0.29) is 5.91 Å². The van der Waals surface area contributed by atoms with Gasteiger partial charge in [-0.15, -0.1) is 0 Å². The van der Waals surface area contributed by atoms with Crippen molar-refractivity contribution in [3.63, 3.8) is 0 Å². The van der Waals surface area contributed by atoms with Crippen molar-refractivity contribution in [3.8, 4) is 0 Å². The Hall–Kier alpha value is -1.13. The zero-order chi connectivity index (χ0) is 14.0. The lowest BCUT2D eigenvalue weighted by atomic mass is 10.1. The van der Waals surface area contributed by atoms with E-state index < -0.39 is 0 Å². The summed E-state index contributed by atoms with van der Waals surface area (Å²) >= 11 is 6.88. The lowest BCUT2D eigenvalue weighted by molar-refractivity contribution is 0.102. The minimum absolute atomic E-state index is 0.109. The Kier molecular flexibility index (Phi) is 4.42. The van der Waals surface area contributed by atoms with Crippen LogP contribution >= 0.6 is 31.9 Å². The Morgan fingerprint density at radius 1 is 1.05 bits per heavy atom. The van der Waals surface area contributed by atoms with Gasteiger partial charge in [-0.25, -0.2) is 0 Å². The summed E-state index contributed by atoms with van der Waals surface area (Å²) in [5.74, 6) is -0.109. The summed E-state index contributed by atoms with van der Waals surface area (Å²) < 4.78 is 1.97. The predicted octanol–water partition coefficient (Wildman–Crippen LogP) is 5.08. The summed E-state index contributed by atoms with van der Waals surface area (Å²) in [6.45, 7) is 4.01. The summed E-state index contributed by atoms with van der Waals surface area (Å²) in [5.41, 5.74) is 3.64. The van der Waals surface area contributed by atoms with Crippen LogP contribution in [0.3, 0.4) is 0 Å². The lowest BCUT2D eigenvalue weighted by Crippen LogP contribution is -2.12. The van der Waals surface area contributed by atoms with Crippen molar-refractivity contribution in [2.24, 2.45) is 0 Å². The van der Waals surface area contributed by atoms with Gasteiger partial charge in [0, 0.05) is 20.2 Å². The Bertz CT molecular complexity index is 615. The Balaban J connectivity index is 2.24. The van der Waals surface area contributed by atoms with Crippen LogP contribution in [0.5, 0.6) is 0 Å². The fourth-order valence-electron chi connectivity index (χ4n) is 1.85. The summed E-state index contributed by atoms with van der Waals surface area (Å²) in [4.78, 5) is 12.1. The highest BCUT2D eigenvalue weighted by atomic mass is 79.9. The molecule has 2 rings (SSSR count). The first-order chi connectivity index (χ1) is 8.97. The van der Waals surface area contributed by atoms with Crippen LogP contribution in [0.2, 0.25) is 0 Å². The molecule has 0 bridgehead atoms. The number of nitrogens with one attached hydrogen (secondary N) is 1. The number of carbonyl (C=O) groups excluding carboxylic acids is 1. The second-order valence-corrected chi connectivity index (χ2v) is 6.10. The molecule has 1 amide bonds. The van der Waals surface area contributed by atoms with E-state index in [2.05, 4.69) is 37.2 Å². The maximum atomic E-state index is 12.1. The van der Waals surface area contributed by atoms with Crippen molar-refractivity contribution in [2.75, 3.05) is 5.32 Å². The zero-order valence-electron chi connectivity index (χ0n) is 10.6. The molecule has 0 saturated carbocycles. The van der Waals surface area contributed by atoms with E-state index in [1.54, 1.807) is 12.1 Å². The van der Waals surface area contributed by atoms with Crippen molar-refractivity contribution < 1.29 is 4.79 Å². The number of carbonyl (C=O) groups is 1. The normalized spacial score (nSPS) is 10.3. The lowest BCUT2D eigenvalue weighted by Gasteiger charge is -2.10. The van der Waals surface area contributed by atoms with E-state index in [1.807, 2.05) is 38.1 Å². The van der Waals surface area contributed by atoms with Crippen LogP contribution in [-0.4, -0.2) is 5.91 Å². The molecule has 0 spiro atoms. The van der Waals surface area contributed by atoms with Crippen LogP contribution in [0.15, 0.2) is 45.3 Å². The van der Waals surface area contributed by atoms with Crippen molar-refractivity contribution in [1.82, 2.24) is 0 Å². The molecule has 98 valence electrons. The highest BCUT2D eigenvalue weighted by molar-refractivity contribution is 9.10. The standard InChI is InChI=1S/C15H13Br2NO/c1-9-6-13(7-10(2)14(9)17)18-15(19)11-4-3-5-12(16)8-11/h3-8H,1-2H3,(H,18,19). The molecule has 0 aromatic heterocycles. The third-order valence-corrected chi connectivity index (χ3v) is 4.53. The minimum atomic E-state index is -0.109. The Morgan fingerprint density at radius 3 is 2.26 bits per heavy atom. The molecule has 0 heterocycles. The molecule has 2 nitrogen and oxygen atoms in total. The predicted molar refractivity (Wildman–Crippen MR) is 85.7 cm³/mol. The number of rotatable bonds is 2. The molecule has 1 N–H and O–H groups in total. The van der Waals surface area contributed by atoms with Crippen LogP contribution in [0.25, 0.3) is 0 Å². The van der Waals surface area contributed by atoms with Gasteiger partial charge in [0.05, 0.1) is 0 Å². The van der Waals surface area contributed by atoms with Crippen LogP contribution < -0.4 is 5.32 Å². The third kappa shape index (κ3) is 3.45. The van der Waals surface area contributed by atoms with E-state index in [0.717, 1.165) is 25.8 Å². The number of aryl methyl sites for hydroxylation is 2. The van der Waals surface area contributed by atoms with Crippen molar-refractivity contribution in [2.45, 2.75) is 13.8 Å². The first kappa shape index (κ1) is 14.3. The number of hydrogen-bond donors (Lipinski definition) is 1. The third-order valence-electron chi connectivity index (χ3n) is 2.78. The van der Waals surface area contributed by atoms with Crippen molar-refractivity contribution in [3.05, 3.63) is 62.0 Å². The monoisotopic (exact) mass is 381 g/mol. The van der Waals surface area contributed by atoms with E-state index in [9.17, 15) is 4.79 Å². The fraction of sp³-hybridized carbons (Fsp3) is 0.133. The molecule has 0 fully saturated rings. The summed E-state index contributed by atoms with van der Waals surface area (Å²) in [7, 11) is 0. The van der Waals surface area contributed by atoms with Gasteiger partial charge in [-0.2, -0.15) is 0 Å². The molecule has 0 atom stereocenters. The maximum absolute atomic E-state index is 12.1. The number of benzene rings is 2. The van der Waals surface area contributed by atoms with Gasteiger partial charge in [-0.1, -0.05) is 37.9 Å². The minimum Gasteiger partial charge on any atom is -0.322 e.